The quantitative estimate of drug-likeness (QED) is 0.126. The van der Waals surface area contributed by atoms with Crippen molar-refractivity contribution in [3.05, 3.63) is 323 Å². The van der Waals surface area contributed by atoms with Gasteiger partial charge >= 0.3 is 0 Å². The summed E-state index contributed by atoms with van der Waals surface area (Å²) < 4.78 is 0. The zero-order valence-electron chi connectivity index (χ0n) is 46.9. The number of anilines is 12. The van der Waals surface area contributed by atoms with Gasteiger partial charge in [-0.3, -0.25) is 0 Å². The van der Waals surface area contributed by atoms with E-state index in [0.29, 0.717) is 0 Å². The first-order valence-corrected chi connectivity index (χ1v) is 30.2. The molecule has 0 saturated heterocycles. The van der Waals surface area contributed by atoms with Gasteiger partial charge in [-0.05, 0) is 146 Å². The Balaban J connectivity index is 0.975. The van der Waals surface area contributed by atoms with Crippen molar-refractivity contribution in [1.29, 1.82) is 0 Å². The number of aromatic nitrogens is 1. The van der Waals surface area contributed by atoms with Gasteiger partial charge in [-0.15, -0.1) is 0 Å². The van der Waals surface area contributed by atoms with Crippen molar-refractivity contribution in [2.45, 2.75) is 37.0 Å². The van der Waals surface area contributed by atoms with Gasteiger partial charge in [0.1, 0.15) is 0 Å². The Morgan fingerprint density at radius 2 is 0.706 bits per heavy atom. The van der Waals surface area contributed by atoms with Crippen molar-refractivity contribution in [2.75, 3.05) is 19.6 Å². The minimum atomic E-state index is -0.714. The number of rotatable bonds is 5. The van der Waals surface area contributed by atoms with Crippen molar-refractivity contribution in [2.24, 2.45) is 0 Å². The molecular weight excluding hydrogens is 1030 g/mol. The molecule has 6 aliphatic rings. The Labute approximate surface area is 495 Å². The molecule has 0 amide bonds. The molecule has 0 unspecified atom stereocenters. The molecule has 5 nitrogen and oxygen atoms in total. The van der Waals surface area contributed by atoms with E-state index in [0.717, 1.165) is 41.8 Å². The lowest BCUT2D eigenvalue weighted by Crippen LogP contribution is -2.63. The lowest BCUT2D eigenvalue weighted by Gasteiger charge is -2.56. The zero-order chi connectivity index (χ0) is 55.7. The Bertz CT molecular complexity index is 4910. The molecular formula is C79H54BN5. The highest BCUT2D eigenvalue weighted by Crippen LogP contribution is 2.68. The van der Waals surface area contributed by atoms with Crippen LogP contribution in [0.25, 0.3) is 21.7 Å². The largest absolute Gasteiger partial charge is 0.311 e. The molecule has 0 saturated carbocycles. The molecule has 0 atom stereocenters. The summed E-state index contributed by atoms with van der Waals surface area (Å²) in [5.74, 6) is 0. The van der Waals surface area contributed by atoms with Gasteiger partial charge in [0, 0.05) is 44.9 Å². The maximum atomic E-state index is 6.07. The van der Waals surface area contributed by atoms with E-state index < -0.39 is 10.8 Å². The van der Waals surface area contributed by atoms with Crippen LogP contribution in [-0.2, 0) is 17.3 Å². The van der Waals surface area contributed by atoms with Crippen LogP contribution in [0.5, 0.6) is 0 Å². The molecule has 7 heterocycles. The second-order valence-corrected chi connectivity index (χ2v) is 23.8. The maximum absolute atomic E-state index is 6.07. The van der Waals surface area contributed by atoms with Gasteiger partial charge in [0.25, 0.3) is 6.71 Å². The minimum absolute atomic E-state index is 0.173. The predicted octanol–water partition coefficient (Wildman–Crippen LogP) is 17.8. The summed E-state index contributed by atoms with van der Waals surface area (Å²) in [7, 11) is 0. The summed E-state index contributed by atoms with van der Waals surface area (Å²) in [6.07, 6.45) is 3.05. The Hall–Kier alpha value is -10.4. The van der Waals surface area contributed by atoms with E-state index in [2.05, 4.69) is 300 Å². The van der Waals surface area contributed by atoms with E-state index in [1.54, 1.807) is 0 Å². The van der Waals surface area contributed by atoms with Crippen LogP contribution >= 0.6 is 0 Å². The first-order chi connectivity index (χ1) is 42.2. The van der Waals surface area contributed by atoms with Gasteiger partial charge in [-0.25, -0.2) is 4.98 Å². The summed E-state index contributed by atoms with van der Waals surface area (Å²) >= 11 is 0. The highest BCUT2D eigenvalue weighted by atomic mass is 15.2. The summed E-state index contributed by atoms with van der Waals surface area (Å²) in [5, 5.41) is 3.64. The molecule has 0 fully saturated rings. The fraction of sp³-hybridized carbons (Fsp3) is 0.0759. The third-order valence-corrected chi connectivity index (χ3v) is 19.9. The fourth-order valence-electron chi connectivity index (χ4n) is 16.9. The van der Waals surface area contributed by atoms with Crippen molar-refractivity contribution in [1.82, 2.24) is 4.98 Å². The third kappa shape index (κ3) is 5.82. The van der Waals surface area contributed by atoms with Crippen LogP contribution in [-0.4, -0.2) is 11.7 Å². The Kier molecular flexibility index (Phi) is 9.60. The Morgan fingerprint density at radius 1 is 0.329 bits per heavy atom. The number of hydrogen-bond acceptors (Lipinski definition) is 5. The normalized spacial score (nSPS) is 15.1. The molecule has 2 spiro atoms. The smallest absolute Gasteiger partial charge is 0.252 e. The predicted molar refractivity (Wildman–Crippen MR) is 352 cm³/mol. The second-order valence-electron chi connectivity index (χ2n) is 23.8. The topological polar surface area (TPSA) is 25.9 Å². The van der Waals surface area contributed by atoms with Gasteiger partial charge in [0.05, 0.1) is 56.2 Å². The maximum Gasteiger partial charge on any atom is 0.252 e. The van der Waals surface area contributed by atoms with Crippen LogP contribution in [0, 0.1) is 0 Å². The van der Waals surface area contributed by atoms with Crippen LogP contribution < -0.4 is 36.0 Å². The molecule has 19 rings (SSSR count). The zero-order valence-corrected chi connectivity index (χ0v) is 46.9. The van der Waals surface area contributed by atoms with Crippen molar-refractivity contribution in [3.63, 3.8) is 0 Å². The van der Waals surface area contributed by atoms with Gasteiger partial charge in [0.2, 0.25) is 0 Å². The average Bonchev–Trinajstić information content (AvgIpc) is 0.769. The van der Waals surface area contributed by atoms with Gasteiger partial charge in [-0.1, -0.05) is 220 Å². The SMILES string of the molecule is CCCCc1nc2c3c4c(cc2c2ccccc12)N1c2ccccc2C2(c5ccccc5N(c5ccccc5)c5ccccc52)c2cccc(c21)B4c1cccc2c1N3c1ccccc1C21c2ccccc2N(c2ccccc2)c2ccccc21. The van der Waals surface area contributed by atoms with Gasteiger partial charge in [0.15, 0.2) is 0 Å². The van der Waals surface area contributed by atoms with Gasteiger partial charge in [-0.2, -0.15) is 0 Å². The number of nitrogens with zero attached hydrogens (tertiary/aromatic N) is 5. The van der Waals surface area contributed by atoms with E-state index in [4.69, 9.17) is 4.98 Å². The van der Waals surface area contributed by atoms with Crippen LogP contribution in [0.3, 0.4) is 0 Å². The molecule has 0 aliphatic carbocycles. The number of fused-ring (bicyclic) bond motifs is 24. The lowest BCUT2D eigenvalue weighted by atomic mass is 9.32. The molecule has 398 valence electrons. The molecule has 6 aliphatic heterocycles. The highest BCUT2D eigenvalue weighted by molar-refractivity contribution is 7.00. The first kappa shape index (κ1) is 47.1. The van der Waals surface area contributed by atoms with Crippen LogP contribution in [0.1, 0.15) is 70.0 Å². The molecule has 12 aromatic carbocycles. The second kappa shape index (κ2) is 17.3. The molecule has 6 heteroatoms. The number of para-hydroxylation sites is 10. The summed E-state index contributed by atoms with van der Waals surface area (Å²) in [6, 6.07) is 104. The molecule has 1 aromatic heterocycles. The fourth-order valence-corrected chi connectivity index (χ4v) is 16.9. The molecule has 0 bridgehead atoms. The standard InChI is InChI=1S/C79H54BN5/c1-2-3-42-65-53-31-11-10-30-52(53)54-49-72-73-77(74(54)81-65)85-71-48-23-17-37-60(71)79(57-34-14-20-45-68(57)83(51-28-8-5-9-29-51)69-46-21-15-35-58(69)79)62-39-25-41-64(76(62)85)80(73)63-40-24-38-61-75(63)84(72)70-47-22-16-36-59(70)78(61)55-32-12-18-43-66(55)82(50-26-6-4-7-27-50)67-44-19-13-33-56(67)78/h4-41,43-49H,2-3,42H2,1H3. The van der Waals surface area contributed by atoms with E-state index >= 15 is 0 Å². The van der Waals surface area contributed by atoms with Crippen molar-refractivity contribution in [3.8, 4) is 0 Å². The number of aryl methyl sites for hydroxylation is 1. The third-order valence-electron chi connectivity index (χ3n) is 19.9. The lowest BCUT2D eigenvalue weighted by molar-refractivity contribution is 0.718. The van der Waals surface area contributed by atoms with E-state index in [9.17, 15) is 0 Å². The van der Waals surface area contributed by atoms with E-state index in [-0.39, 0.29) is 6.71 Å². The monoisotopic (exact) mass is 1080 g/mol. The van der Waals surface area contributed by atoms with Crippen LogP contribution in [0.2, 0.25) is 0 Å². The molecule has 0 radical (unpaired) electrons. The summed E-state index contributed by atoms with van der Waals surface area (Å²) in [4.78, 5) is 16.4. The van der Waals surface area contributed by atoms with Crippen molar-refractivity contribution >= 4 is 113 Å². The summed E-state index contributed by atoms with van der Waals surface area (Å²) in [5.41, 5.74) is 29.1. The van der Waals surface area contributed by atoms with Crippen LogP contribution in [0.4, 0.5) is 68.2 Å². The molecule has 0 N–H and O–H groups in total. The summed E-state index contributed by atoms with van der Waals surface area (Å²) in [6.45, 7) is 2.12. The number of unbranched alkanes of at least 4 members (excludes halogenated alkanes) is 1. The van der Waals surface area contributed by atoms with E-state index in [1.807, 2.05) is 0 Å². The first-order valence-electron chi connectivity index (χ1n) is 30.2. The highest BCUT2D eigenvalue weighted by Gasteiger charge is 2.59. The average molecular weight is 1080 g/mol. The van der Waals surface area contributed by atoms with Crippen LogP contribution in [0.15, 0.2) is 273 Å². The molecule has 85 heavy (non-hydrogen) atoms. The van der Waals surface area contributed by atoms with Crippen molar-refractivity contribution < 1.29 is 0 Å². The number of hydrogen-bond donors (Lipinski definition) is 0. The Morgan fingerprint density at radius 3 is 1.16 bits per heavy atom. The van der Waals surface area contributed by atoms with E-state index in [1.165, 1.54) is 134 Å². The molecule has 13 aromatic rings. The number of pyridine rings is 1. The minimum Gasteiger partial charge on any atom is -0.311 e. The van der Waals surface area contributed by atoms with Gasteiger partial charge < -0.3 is 19.6 Å². The number of benzene rings is 12.